The number of hydrogen-bond donors (Lipinski definition) is 0. The molecule has 0 radical (unpaired) electrons. The zero-order valence-electron chi connectivity index (χ0n) is 11.0. The summed E-state index contributed by atoms with van der Waals surface area (Å²) >= 11 is 0. The van der Waals surface area contributed by atoms with Crippen LogP contribution in [0.3, 0.4) is 0 Å². The fourth-order valence-corrected chi connectivity index (χ4v) is 2.94. The van der Waals surface area contributed by atoms with Crippen LogP contribution in [0.5, 0.6) is 0 Å². The average molecular weight is 258 g/mol. The van der Waals surface area contributed by atoms with Crippen LogP contribution in [0.25, 0.3) is 0 Å². The second-order valence-corrected chi connectivity index (χ2v) is 5.37. The van der Waals surface area contributed by atoms with Gasteiger partial charge in [0, 0.05) is 11.6 Å². The molecule has 0 unspecified atom stereocenters. The summed E-state index contributed by atoms with van der Waals surface area (Å²) in [5.41, 5.74) is 0.417. The normalized spacial score (nSPS) is 18.3. The van der Waals surface area contributed by atoms with Gasteiger partial charge < -0.3 is 0 Å². The molecule has 0 atom stereocenters. The second-order valence-electron chi connectivity index (χ2n) is 5.37. The highest BCUT2D eigenvalue weighted by atomic mass is 16.6. The lowest BCUT2D eigenvalue weighted by atomic mass is 9.76. The van der Waals surface area contributed by atoms with E-state index in [0.29, 0.717) is 12.0 Å². The van der Waals surface area contributed by atoms with Gasteiger partial charge in [-0.3, -0.25) is 10.1 Å². The number of para-hydroxylation sites is 1. The molecule has 0 amide bonds. The van der Waals surface area contributed by atoms with Crippen molar-refractivity contribution in [2.45, 2.75) is 44.9 Å². The Morgan fingerprint density at radius 2 is 1.84 bits per heavy atom. The Hall–Kier alpha value is -1.89. The lowest BCUT2D eigenvalue weighted by molar-refractivity contribution is -0.385. The van der Waals surface area contributed by atoms with E-state index in [1.165, 1.54) is 18.9 Å². The van der Waals surface area contributed by atoms with Crippen molar-refractivity contribution in [1.82, 2.24) is 0 Å². The Kier molecular flexibility index (Phi) is 4.16. The van der Waals surface area contributed by atoms with Crippen LogP contribution in [0.1, 0.15) is 44.1 Å². The van der Waals surface area contributed by atoms with Crippen molar-refractivity contribution >= 4 is 5.69 Å². The number of rotatable bonds is 3. The number of nitro benzene ring substituents is 1. The van der Waals surface area contributed by atoms with Gasteiger partial charge in [0.25, 0.3) is 5.69 Å². The number of nitriles is 1. The third-order valence-electron chi connectivity index (χ3n) is 4.01. The molecule has 1 aromatic carbocycles. The van der Waals surface area contributed by atoms with Crippen molar-refractivity contribution in [3.05, 3.63) is 39.9 Å². The first-order valence-electron chi connectivity index (χ1n) is 6.80. The summed E-state index contributed by atoms with van der Waals surface area (Å²) in [4.78, 5) is 10.7. The summed E-state index contributed by atoms with van der Waals surface area (Å²) in [5.74, 6) is 0. The Morgan fingerprint density at radius 3 is 2.42 bits per heavy atom. The SMILES string of the molecule is N#CC1(Cc2ccccc2[N+](=O)[O-])CCCCCC1. The number of benzene rings is 1. The summed E-state index contributed by atoms with van der Waals surface area (Å²) in [7, 11) is 0. The van der Waals surface area contributed by atoms with Crippen LogP contribution in [0, 0.1) is 26.9 Å². The molecule has 100 valence electrons. The van der Waals surface area contributed by atoms with Crippen LogP contribution < -0.4 is 0 Å². The minimum absolute atomic E-state index is 0.140. The van der Waals surface area contributed by atoms with Gasteiger partial charge in [0.05, 0.1) is 16.4 Å². The molecular formula is C15H18N2O2. The van der Waals surface area contributed by atoms with E-state index < -0.39 is 5.41 Å². The molecule has 1 fully saturated rings. The first-order chi connectivity index (χ1) is 9.17. The Morgan fingerprint density at radius 1 is 1.21 bits per heavy atom. The van der Waals surface area contributed by atoms with Crippen LogP contribution in [0.15, 0.2) is 24.3 Å². The average Bonchev–Trinajstić information content (AvgIpc) is 2.65. The van der Waals surface area contributed by atoms with Gasteiger partial charge in [-0.05, 0) is 19.3 Å². The van der Waals surface area contributed by atoms with E-state index in [0.717, 1.165) is 25.7 Å². The predicted octanol–water partition coefficient (Wildman–Crippen LogP) is 4.00. The van der Waals surface area contributed by atoms with Crippen molar-refractivity contribution in [2.24, 2.45) is 5.41 Å². The van der Waals surface area contributed by atoms with E-state index in [2.05, 4.69) is 6.07 Å². The molecule has 1 aromatic rings. The minimum atomic E-state index is -0.414. The van der Waals surface area contributed by atoms with Gasteiger partial charge in [0.1, 0.15) is 0 Å². The monoisotopic (exact) mass is 258 g/mol. The van der Waals surface area contributed by atoms with Gasteiger partial charge in [-0.15, -0.1) is 0 Å². The van der Waals surface area contributed by atoms with Crippen molar-refractivity contribution in [2.75, 3.05) is 0 Å². The predicted molar refractivity (Wildman–Crippen MR) is 72.5 cm³/mol. The molecule has 0 bridgehead atoms. The van der Waals surface area contributed by atoms with E-state index in [9.17, 15) is 15.4 Å². The van der Waals surface area contributed by atoms with Crippen LogP contribution in [0.2, 0.25) is 0 Å². The maximum Gasteiger partial charge on any atom is 0.272 e. The molecule has 1 saturated carbocycles. The number of hydrogen-bond acceptors (Lipinski definition) is 3. The number of nitrogens with zero attached hydrogens (tertiary/aromatic N) is 2. The molecule has 0 aliphatic heterocycles. The number of nitro groups is 1. The Labute approximate surface area is 113 Å². The van der Waals surface area contributed by atoms with Gasteiger partial charge in [-0.1, -0.05) is 43.9 Å². The smallest absolute Gasteiger partial charge is 0.258 e. The van der Waals surface area contributed by atoms with Gasteiger partial charge in [-0.2, -0.15) is 5.26 Å². The molecule has 0 heterocycles. The quantitative estimate of drug-likeness (QED) is 0.467. The molecule has 1 aliphatic rings. The molecule has 2 rings (SSSR count). The van der Waals surface area contributed by atoms with E-state index in [1.54, 1.807) is 12.1 Å². The first kappa shape index (κ1) is 13.5. The van der Waals surface area contributed by atoms with Crippen LogP contribution in [-0.4, -0.2) is 4.92 Å². The highest BCUT2D eigenvalue weighted by molar-refractivity contribution is 5.41. The van der Waals surface area contributed by atoms with Gasteiger partial charge in [0.15, 0.2) is 0 Å². The zero-order chi connectivity index (χ0) is 13.7. The standard InChI is InChI=1S/C15H18N2O2/c16-12-15(9-5-1-2-6-10-15)11-13-7-3-4-8-14(13)17(18)19/h3-4,7-8H,1-2,5-6,9-11H2. The summed E-state index contributed by atoms with van der Waals surface area (Å²) in [6.45, 7) is 0. The van der Waals surface area contributed by atoms with Gasteiger partial charge in [0.2, 0.25) is 0 Å². The molecule has 4 heteroatoms. The van der Waals surface area contributed by atoms with Crippen molar-refractivity contribution in [1.29, 1.82) is 5.26 Å². The summed E-state index contributed by atoms with van der Waals surface area (Å²) in [6.07, 6.45) is 6.65. The fraction of sp³-hybridized carbons (Fsp3) is 0.533. The van der Waals surface area contributed by atoms with E-state index in [4.69, 9.17) is 0 Å². The maximum absolute atomic E-state index is 11.0. The van der Waals surface area contributed by atoms with E-state index in [-0.39, 0.29) is 10.6 Å². The van der Waals surface area contributed by atoms with E-state index >= 15 is 0 Å². The molecule has 0 N–H and O–H groups in total. The molecule has 1 aliphatic carbocycles. The largest absolute Gasteiger partial charge is 0.272 e. The highest BCUT2D eigenvalue weighted by Crippen LogP contribution is 2.39. The first-order valence-corrected chi connectivity index (χ1v) is 6.80. The fourth-order valence-electron chi connectivity index (χ4n) is 2.94. The van der Waals surface area contributed by atoms with Crippen LogP contribution in [-0.2, 0) is 6.42 Å². The van der Waals surface area contributed by atoms with Gasteiger partial charge in [-0.25, -0.2) is 0 Å². The van der Waals surface area contributed by atoms with E-state index in [1.807, 2.05) is 6.07 Å². The lowest BCUT2D eigenvalue weighted by Gasteiger charge is -2.24. The maximum atomic E-state index is 11.0. The van der Waals surface area contributed by atoms with Crippen LogP contribution in [0.4, 0.5) is 5.69 Å². The third-order valence-corrected chi connectivity index (χ3v) is 4.01. The van der Waals surface area contributed by atoms with Crippen molar-refractivity contribution in [3.63, 3.8) is 0 Å². The summed E-state index contributed by atoms with van der Waals surface area (Å²) in [6, 6.07) is 9.24. The molecule has 0 spiro atoms. The molecule has 19 heavy (non-hydrogen) atoms. The van der Waals surface area contributed by atoms with Crippen molar-refractivity contribution in [3.8, 4) is 6.07 Å². The lowest BCUT2D eigenvalue weighted by Crippen LogP contribution is -2.21. The molecular weight excluding hydrogens is 240 g/mol. The van der Waals surface area contributed by atoms with Crippen LogP contribution >= 0.6 is 0 Å². The van der Waals surface area contributed by atoms with Gasteiger partial charge >= 0.3 is 0 Å². The zero-order valence-corrected chi connectivity index (χ0v) is 11.0. The molecule has 0 saturated heterocycles. The Balaban J connectivity index is 2.28. The highest BCUT2D eigenvalue weighted by Gasteiger charge is 2.33. The molecule has 4 nitrogen and oxygen atoms in total. The minimum Gasteiger partial charge on any atom is -0.258 e. The summed E-state index contributed by atoms with van der Waals surface area (Å²) < 4.78 is 0. The summed E-state index contributed by atoms with van der Waals surface area (Å²) in [5, 5.41) is 20.6. The van der Waals surface area contributed by atoms with Crippen molar-refractivity contribution < 1.29 is 4.92 Å². The topological polar surface area (TPSA) is 66.9 Å². The third kappa shape index (κ3) is 3.11. The second kappa shape index (κ2) is 5.83. The Bertz CT molecular complexity index is 497. The molecule has 0 aromatic heterocycles.